The van der Waals surface area contributed by atoms with Crippen molar-refractivity contribution in [2.75, 3.05) is 26.2 Å². The summed E-state index contributed by atoms with van der Waals surface area (Å²) in [5.41, 5.74) is 1.94. The first-order valence-electron chi connectivity index (χ1n) is 10.4. The molecule has 3 atom stereocenters. The third-order valence-electron chi connectivity index (χ3n) is 5.91. The summed E-state index contributed by atoms with van der Waals surface area (Å²) in [6, 6.07) is 11.6. The summed E-state index contributed by atoms with van der Waals surface area (Å²) in [5.74, 6) is 1.13. The Bertz CT molecular complexity index is 1050. The molecule has 2 fully saturated rings. The van der Waals surface area contributed by atoms with E-state index in [2.05, 4.69) is 20.6 Å². The van der Waals surface area contributed by atoms with E-state index in [-0.39, 0.29) is 29.7 Å². The molecule has 2 aliphatic rings. The molecule has 3 aromatic rings. The van der Waals surface area contributed by atoms with Crippen molar-refractivity contribution >= 4 is 34.2 Å². The van der Waals surface area contributed by atoms with Crippen LogP contribution in [0.5, 0.6) is 0 Å². The number of hydrogen-bond donors (Lipinski definition) is 3. The highest BCUT2D eigenvalue weighted by molar-refractivity contribution is 7.14. The second-order valence-electron chi connectivity index (χ2n) is 8.06. The van der Waals surface area contributed by atoms with Crippen LogP contribution in [0.3, 0.4) is 0 Å². The molecule has 1 aliphatic carbocycles. The summed E-state index contributed by atoms with van der Waals surface area (Å²) in [7, 11) is 0. The normalized spacial score (nSPS) is 22.1. The Balaban J connectivity index is 1.19. The average Bonchev–Trinajstić information content (AvgIpc) is 3.21. The van der Waals surface area contributed by atoms with Gasteiger partial charge in [-0.15, -0.1) is 11.3 Å². The first-order valence-corrected chi connectivity index (χ1v) is 11.3. The van der Waals surface area contributed by atoms with E-state index in [0.29, 0.717) is 0 Å². The Morgan fingerprint density at radius 1 is 1.20 bits per heavy atom. The number of H-pyrrole nitrogens is 1. The van der Waals surface area contributed by atoms with Gasteiger partial charge in [0, 0.05) is 42.9 Å². The molecule has 0 bridgehead atoms. The summed E-state index contributed by atoms with van der Waals surface area (Å²) in [6.45, 7) is 5.13. The summed E-state index contributed by atoms with van der Waals surface area (Å²) in [4.78, 5) is 37.0. The second kappa shape index (κ2) is 7.85. The Morgan fingerprint density at radius 3 is 2.80 bits per heavy atom. The van der Waals surface area contributed by atoms with E-state index < -0.39 is 0 Å². The van der Waals surface area contributed by atoms with Gasteiger partial charge in [0.05, 0.1) is 22.0 Å². The van der Waals surface area contributed by atoms with Crippen LogP contribution >= 0.6 is 11.3 Å². The van der Waals surface area contributed by atoms with Crippen molar-refractivity contribution in [2.24, 2.45) is 5.92 Å². The minimum absolute atomic E-state index is 0.0464. The number of carbonyl (C=O) groups is 2. The smallest absolute Gasteiger partial charge is 0.264 e. The summed E-state index contributed by atoms with van der Waals surface area (Å²) >= 11 is 1.47. The molecule has 3 heterocycles. The fraction of sp³-hybridized carbons (Fsp3) is 0.409. The van der Waals surface area contributed by atoms with E-state index >= 15 is 0 Å². The van der Waals surface area contributed by atoms with Gasteiger partial charge >= 0.3 is 0 Å². The molecule has 0 unspecified atom stereocenters. The molecule has 1 saturated carbocycles. The molecule has 2 aromatic heterocycles. The van der Waals surface area contributed by atoms with Crippen molar-refractivity contribution in [1.29, 1.82) is 0 Å². The van der Waals surface area contributed by atoms with Crippen molar-refractivity contribution in [3.63, 3.8) is 0 Å². The first-order chi connectivity index (χ1) is 14.6. The van der Waals surface area contributed by atoms with Gasteiger partial charge in [0.2, 0.25) is 5.91 Å². The maximum Gasteiger partial charge on any atom is 0.264 e. The fourth-order valence-electron chi connectivity index (χ4n) is 4.05. The number of aromatic amines is 1. The largest absolute Gasteiger partial charge is 0.349 e. The van der Waals surface area contributed by atoms with Gasteiger partial charge in [0.25, 0.3) is 5.91 Å². The van der Waals surface area contributed by atoms with Gasteiger partial charge in [0.1, 0.15) is 5.82 Å². The molecule has 8 heteroatoms. The third kappa shape index (κ3) is 3.73. The highest BCUT2D eigenvalue weighted by atomic mass is 32.1. The van der Waals surface area contributed by atoms with E-state index in [0.717, 1.165) is 59.2 Å². The maximum absolute atomic E-state index is 12.7. The molecule has 3 N–H and O–H groups in total. The lowest BCUT2D eigenvalue weighted by Crippen LogP contribution is -2.46. The van der Waals surface area contributed by atoms with Crippen molar-refractivity contribution in [2.45, 2.75) is 25.3 Å². The Kier molecular flexibility index (Phi) is 5.04. The number of para-hydroxylation sites is 2. The van der Waals surface area contributed by atoms with Crippen molar-refractivity contribution in [3.05, 3.63) is 52.0 Å². The van der Waals surface area contributed by atoms with Crippen LogP contribution in [-0.4, -0.2) is 52.9 Å². The van der Waals surface area contributed by atoms with Crippen LogP contribution in [0.15, 0.2) is 36.4 Å². The topological polar surface area (TPSA) is 90.1 Å². The van der Waals surface area contributed by atoms with Crippen molar-refractivity contribution in [1.82, 2.24) is 25.5 Å². The molecule has 2 amide bonds. The lowest BCUT2D eigenvalue weighted by molar-refractivity contribution is -0.123. The molecule has 30 heavy (non-hydrogen) atoms. The van der Waals surface area contributed by atoms with Gasteiger partial charge < -0.3 is 20.5 Å². The van der Waals surface area contributed by atoms with Crippen LogP contribution in [0.4, 0.5) is 0 Å². The van der Waals surface area contributed by atoms with E-state index in [1.54, 1.807) is 0 Å². The van der Waals surface area contributed by atoms with Crippen molar-refractivity contribution < 1.29 is 9.59 Å². The molecule has 0 radical (unpaired) electrons. The molecule has 5 rings (SSSR count). The van der Waals surface area contributed by atoms with E-state index in [1.807, 2.05) is 48.2 Å². The zero-order valence-electron chi connectivity index (χ0n) is 16.9. The quantitative estimate of drug-likeness (QED) is 0.589. The number of rotatable bonds is 5. The fourth-order valence-corrected chi connectivity index (χ4v) is 5.03. The maximum atomic E-state index is 12.7. The SMILES string of the molecule is C[C@@H](NC(=O)[C@H]1C[C@@H]1c1nc2ccccc2[nH]1)c1ccc(C(=O)N2CCNCC2)s1. The van der Waals surface area contributed by atoms with E-state index in [1.165, 1.54) is 11.3 Å². The summed E-state index contributed by atoms with van der Waals surface area (Å²) < 4.78 is 0. The number of thiophene rings is 1. The Labute approximate surface area is 178 Å². The molecule has 7 nitrogen and oxygen atoms in total. The number of imidazole rings is 1. The first kappa shape index (κ1) is 19.3. The lowest BCUT2D eigenvalue weighted by Gasteiger charge is -2.26. The number of aromatic nitrogens is 2. The van der Waals surface area contributed by atoms with Gasteiger partial charge in [0.15, 0.2) is 0 Å². The summed E-state index contributed by atoms with van der Waals surface area (Å²) in [5, 5.41) is 6.38. The number of piperazine rings is 1. The van der Waals surface area contributed by atoms with Gasteiger partial charge in [-0.25, -0.2) is 4.98 Å². The molecular formula is C22H25N5O2S. The van der Waals surface area contributed by atoms with Gasteiger partial charge in [-0.3, -0.25) is 9.59 Å². The van der Waals surface area contributed by atoms with E-state index in [9.17, 15) is 9.59 Å². The van der Waals surface area contributed by atoms with Gasteiger partial charge in [-0.05, 0) is 37.6 Å². The highest BCUT2D eigenvalue weighted by Gasteiger charge is 2.46. The van der Waals surface area contributed by atoms with Gasteiger partial charge in [-0.1, -0.05) is 12.1 Å². The van der Waals surface area contributed by atoms with Crippen molar-refractivity contribution in [3.8, 4) is 0 Å². The molecule has 0 spiro atoms. The zero-order chi connectivity index (χ0) is 20.7. The van der Waals surface area contributed by atoms with Crippen LogP contribution < -0.4 is 10.6 Å². The van der Waals surface area contributed by atoms with Crippen LogP contribution in [0, 0.1) is 5.92 Å². The molecular weight excluding hydrogens is 398 g/mol. The van der Waals surface area contributed by atoms with E-state index in [4.69, 9.17) is 0 Å². The minimum atomic E-state index is -0.121. The molecule has 156 valence electrons. The molecule has 1 aliphatic heterocycles. The number of nitrogens with zero attached hydrogens (tertiary/aromatic N) is 2. The Morgan fingerprint density at radius 2 is 2.00 bits per heavy atom. The number of hydrogen-bond acceptors (Lipinski definition) is 5. The number of carbonyl (C=O) groups excluding carboxylic acids is 2. The molecule has 1 saturated heterocycles. The predicted molar refractivity (Wildman–Crippen MR) is 117 cm³/mol. The van der Waals surface area contributed by atoms with Crippen LogP contribution in [0.1, 0.15) is 45.7 Å². The average molecular weight is 424 g/mol. The lowest BCUT2D eigenvalue weighted by atomic mass is 10.2. The second-order valence-corrected chi connectivity index (χ2v) is 9.18. The minimum Gasteiger partial charge on any atom is -0.349 e. The Hall–Kier alpha value is -2.71. The predicted octanol–water partition coefficient (Wildman–Crippen LogP) is 2.65. The zero-order valence-corrected chi connectivity index (χ0v) is 17.7. The molecule has 1 aromatic carbocycles. The van der Waals surface area contributed by atoms with Crippen LogP contribution in [-0.2, 0) is 4.79 Å². The third-order valence-corrected chi connectivity index (χ3v) is 7.17. The van der Waals surface area contributed by atoms with Crippen LogP contribution in [0.2, 0.25) is 0 Å². The van der Waals surface area contributed by atoms with Crippen LogP contribution in [0.25, 0.3) is 11.0 Å². The standard InChI is InChI=1S/C22H25N5O2S/c1-13(18-6-7-19(30-18)22(29)27-10-8-23-9-11-27)24-21(28)15-12-14(15)20-25-16-4-2-3-5-17(16)26-20/h2-7,13-15,23H,8-12H2,1H3,(H,24,28)(H,25,26)/t13-,14+,15+/m1/s1. The number of nitrogens with one attached hydrogen (secondary N) is 3. The van der Waals surface area contributed by atoms with Gasteiger partial charge in [-0.2, -0.15) is 0 Å². The highest BCUT2D eigenvalue weighted by Crippen LogP contribution is 2.47. The number of fused-ring (bicyclic) bond motifs is 1. The number of benzene rings is 1. The number of amides is 2. The monoisotopic (exact) mass is 423 g/mol. The summed E-state index contributed by atoms with van der Waals surface area (Å²) in [6.07, 6.45) is 0.815.